The van der Waals surface area contributed by atoms with E-state index in [0.717, 1.165) is 0 Å². The van der Waals surface area contributed by atoms with Crippen molar-refractivity contribution in [2.24, 2.45) is 0 Å². The molecule has 70 valence electrons. The van der Waals surface area contributed by atoms with Crippen molar-refractivity contribution in [2.45, 2.75) is 32.8 Å². The van der Waals surface area contributed by atoms with E-state index in [-0.39, 0.29) is 6.47 Å². The Hall–Kier alpha value is -0.900. The molecule has 0 aromatic heterocycles. The summed E-state index contributed by atoms with van der Waals surface area (Å²) in [7, 11) is 0. The predicted molar refractivity (Wildman–Crippen MR) is 42.5 cm³/mol. The van der Waals surface area contributed by atoms with Crippen molar-refractivity contribution >= 4 is 12.4 Å². The van der Waals surface area contributed by atoms with Crippen molar-refractivity contribution < 1.29 is 19.1 Å². The van der Waals surface area contributed by atoms with Crippen LogP contribution in [0.15, 0.2) is 0 Å². The fraction of sp³-hybridized carbons (Fsp3) is 0.750. The molecular formula is C8H14O4. The molecule has 0 aliphatic heterocycles. The maximum absolute atomic E-state index is 11.1. The van der Waals surface area contributed by atoms with E-state index in [1.807, 2.05) is 0 Å². The van der Waals surface area contributed by atoms with Crippen molar-refractivity contribution in [2.75, 3.05) is 6.61 Å². The van der Waals surface area contributed by atoms with Gasteiger partial charge >= 0.3 is 12.4 Å². The molecule has 0 fully saturated rings. The lowest BCUT2D eigenvalue weighted by atomic mass is 10.0. The summed E-state index contributed by atoms with van der Waals surface area (Å²) in [5, 5.41) is 0. The molecule has 12 heavy (non-hydrogen) atoms. The first-order valence-electron chi connectivity index (χ1n) is 3.89. The minimum Gasteiger partial charge on any atom is -0.393 e. The van der Waals surface area contributed by atoms with Gasteiger partial charge in [-0.3, -0.25) is 4.79 Å². The number of carbonyl (C=O) groups is 2. The highest BCUT2D eigenvalue weighted by atomic mass is 16.6. The lowest BCUT2D eigenvalue weighted by Crippen LogP contribution is -2.39. The summed E-state index contributed by atoms with van der Waals surface area (Å²) in [4.78, 5) is 21.0. The van der Waals surface area contributed by atoms with E-state index >= 15 is 0 Å². The molecule has 0 saturated heterocycles. The summed E-state index contributed by atoms with van der Waals surface area (Å²) in [6, 6.07) is 0. The molecule has 0 spiro atoms. The van der Waals surface area contributed by atoms with Gasteiger partial charge in [-0.15, -0.1) is 0 Å². The highest BCUT2D eigenvalue weighted by molar-refractivity contribution is 5.84. The summed E-state index contributed by atoms with van der Waals surface area (Å²) in [5.41, 5.74) is -0.990. The Bertz CT molecular complexity index is 166. The summed E-state index contributed by atoms with van der Waals surface area (Å²) >= 11 is 0. The van der Waals surface area contributed by atoms with Crippen molar-refractivity contribution in [3.63, 3.8) is 0 Å². The fourth-order valence-electron chi connectivity index (χ4n) is 0.792. The van der Waals surface area contributed by atoms with Gasteiger partial charge in [0.2, 0.25) is 0 Å². The smallest absolute Gasteiger partial charge is 0.345 e. The van der Waals surface area contributed by atoms with Gasteiger partial charge in [-0.05, 0) is 20.3 Å². The first-order chi connectivity index (χ1) is 5.60. The van der Waals surface area contributed by atoms with Gasteiger partial charge in [-0.2, -0.15) is 0 Å². The molecule has 0 radical (unpaired) electrons. The standard InChI is InChI=1S/C8H14O4/c1-4-8(3,12-5-2)7(10)11-6-9/h6H,4-5H2,1-3H3. The minimum absolute atomic E-state index is 0.120. The molecule has 0 amide bonds. The summed E-state index contributed by atoms with van der Waals surface area (Å²) in [5.74, 6) is -0.637. The molecule has 0 aliphatic rings. The van der Waals surface area contributed by atoms with Crippen LogP contribution in [0, 0.1) is 0 Å². The average molecular weight is 174 g/mol. The van der Waals surface area contributed by atoms with Crippen LogP contribution in [0.25, 0.3) is 0 Å². The molecule has 0 rings (SSSR count). The molecule has 0 heterocycles. The van der Waals surface area contributed by atoms with E-state index < -0.39 is 11.6 Å². The lowest BCUT2D eigenvalue weighted by Gasteiger charge is -2.23. The third kappa shape index (κ3) is 2.62. The lowest BCUT2D eigenvalue weighted by molar-refractivity contribution is -0.172. The second-order valence-electron chi connectivity index (χ2n) is 2.52. The van der Waals surface area contributed by atoms with Gasteiger partial charge in [-0.1, -0.05) is 6.92 Å². The highest BCUT2D eigenvalue weighted by Crippen LogP contribution is 2.16. The van der Waals surface area contributed by atoms with Crippen molar-refractivity contribution in [1.82, 2.24) is 0 Å². The van der Waals surface area contributed by atoms with Crippen LogP contribution in [0.1, 0.15) is 27.2 Å². The predicted octanol–water partition coefficient (Wildman–Crippen LogP) is 0.891. The van der Waals surface area contributed by atoms with Crippen LogP contribution in [-0.2, 0) is 19.1 Å². The highest BCUT2D eigenvalue weighted by Gasteiger charge is 2.33. The molecule has 0 bridgehead atoms. The van der Waals surface area contributed by atoms with Gasteiger partial charge < -0.3 is 9.47 Å². The number of rotatable bonds is 5. The Kier molecular flexibility index (Phi) is 4.51. The zero-order valence-corrected chi connectivity index (χ0v) is 7.62. The Morgan fingerprint density at radius 3 is 2.42 bits per heavy atom. The van der Waals surface area contributed by atoms with E-state index in [1.54, 1.807) is 20.8 Å². The maximum atomic E-state index is 11.1. The normalized spacial score (nSPS) is 14.9. The van der Waals surface area contributed by atoms with Gasteiger partial charge in [0.05, 0.1) is 0 Å². The van der Waals surface area contributed by atoms with Crippen LogP contribution >= 0.6 is 0 Å². The second-order valence-corrected chi connectivity index (χ2v) is 2.52. The van der Waals surface area contributed by atoms with E-state index in [9.17, 15) is 9.59 Å². The summed E-state index contributed by atoms with van der Waals surface area (Å²) in [6.45, 7) is 5.71. The second kappa shape index (κ2) is 4.87. The number of hydrogen-bond donors (Lipinski definition) is 0. The number of ether oxygens (including phenoxy) is 2. The van der Waals surface area contributed by atoms with Gasteiger partial charge in [0, 0.05) is 6.61 Å². The topological polar surface area (TPSA) is 52.6 Å². The minimum atomic E-state index is -0.990. The zero-order chi connectivity index (χ0) is 9.61. The first kappa shape index (κ1) is 11.1. The Balaban J connectivity index is 4.28. The quantitative estimate of drug-likeness (QED) is 0.353. The first-order valence-corrected chi connectivity index (χ1v) is 3.89. The Labute approximate surface area is 71.8 Å². The largest absolute Gasteiger partial charge is 0.393 e. The van der Waals surface area contributed by atoms with E-state index in [2.05, 4.69) is 4.74 Å². The van der Waals surface area contributed by atoms with Gasteiger partial charge in [-0.25, -0.2) is 4.79 Å². The van der Waals surface area contributed by atoms with Crippen LogP contribution in [0.2, 0.25) is 0 Å². The van der Waals surface area contributed by atoms with E-state index in [0.29, 0.717) is 13.0 Å². The third-order valence-corrected chi connectivity index (χ3v) is 1.72. The molecule has 1 unspecified atom stereocenters. The van der Waals surface area contributed by atoms with Crippen LogP contribution < -0.4 is 0 Å². The van der Waals surface area contributed by atoms with Crippen LogP contribution in [0.5, 0.6) is 0 Å². The zero-order valence-electron chi connectivity index (χ0n) is 7.62. The number of esters is 1. The Morgan fingerprint density at radius 1 is 1.50 bits per heavy atom. The molecular weight excluding hydrogens is 160 g/mol. The SMILES string of the molecule is CCOC(C)(CC)C(=O)OC=O. The van der Waals surface area contributed by atoms with Crippen LogP contribution in [-0.4, -0.2) is 24.6 Å². The van der Waals surface area contributed by atoms with Crippen LogP contribution in [0.4, 0.5) is 0 Å². The monoisotopic (exact) mass is 174 g/mol. The number of hydrogen-bond acceptors (Lipinski definition) is 4. The van der Waals surface area contributed by atoms with E-state index in [1.165, 1.54) is 0 Å². The molecule has 4 heteroatoms. The molecule has 0 aromatic rings. The summed E-state index contributed by atoms with van der Waals surface area (Å²) < 4.78 is 9.37. The van der Waals surface area contributed by atoms with Gasteiger partial charge in [0.15, 0.2) is 5.60 Å². The Morgan fingerprint density at radius 2 is 2.08 bits per heavy atom. The maximum Gasteiger partial charge on any atom is 0.345 e. The molecule has 0 aromatic carbocycles. The molecule has 0 N–H and O–H groups in total. The molecule has 4 nitrogen and oxygen atoms in total. The molecule has 0 saturated carbocycles. The van der Waals surface area contributed by atoms with E-state index in [4.69, 9.17) is 4.74 Å². The molecule has 0 aliphatic carbocycles. The molecule has 1 atom stereocenters. The number of carbonyl (C=O) groups excluding carboxylic acids is 2. The average Bonchev–Trinajstić information content (AvgIpc) is 2.05. The third-order valence-electron chi connectivity index (χ3n) is 1.72. The van der Waals surface area contributed by atoms with Gasteiger partial charge in [0.1, 0.15) is 0 Å². The summed E-state index contributed by atoms with van der Waals surface area (Å²) in [6.07, 6.45) is 0.480. The van der Waals surface area contributed by atoms with Crippen LogP contribution in [0.3, 0.4) is 0 Å². The van der Waals surface area contributed by atoms with Crippen molar-refractivity contribution in [1.29, 1.82) is 0 Å². The van der Waals surface area contributed by atoms with Crippen molar-refractivity contribution in [3.8, 4) is 0 Å². The van der Waals surface area contributed by atoms with Gasteiger partial charge in [0.25, 0.3) is 0 Å². The van der Waals surface area contributed by atoms with Crippen molar-refractivity contribution in [3.05, 3.63) is 0 Å². The fourth-order valence-corrected chi connectivity index (χ4v) is 0.792.